The lowest BCUT2D eigenvalue weighted by molar-refractivity contribution is -0.152. The molecule has 0 aromatic rings. The van der Waals surface area contributed by atoms with Crippen LogP contribution in [0.1, 0.15) is 33.6 Å². The quantitative estimate of drug-likeness (QED) is 0.251. The predicted molar refractivity (Wildman–Crippen MR) is 122 cm³/mol. The molecule has 3 rings (SSSR count). The summed E-state index contributed by atoms with van der Waals surface area (Å²) in [6, 6.07) is 0. The van der Waals surface area contributed by atoms with Gasteiger partial charge >= 0.3 is 5.97 Å². The summed E-state index contributed by atoms with van der Waals surface area (Å²) in [5, 5.41) is 19.9. The van der Waals surface area contributed by atoms with E-state index >= 15 is 0 Å². The van der Waals surface area contributed by atoms with Gasteiger partial charge in [-0.25, -0.2) is 4.79 Å². The summed E-state index contributed by atoms with van der Waals surface area (Å²) in [5.41, 5.74) is -0.829. The van der Waals surface area contributed by atoms with Crippen molar-refractivity contribution in [1.82, 2.24) is 0 Å². The molecule has 33 heavy (non-hydrogen) atoms. The number of hydrogen-bond acceptors (Lipinski definition) is 7. The number of rotatable bonds is 8. The maximum atomic E-state index is 13.0. The Morgan fingerprint density at radius 2 is 2.00 bits per heavy atom. The van der Waals surface area contributed by atoms with E-state index in [1.54, 1.807) is 18.2 Å². The number of aliphatic hydroxyl groups is 2. The first-order valence-electron chi connectivity index (χ1n) is 10.9. The van der Waals surface area contributed by atoms with E-state index in [9.17, 15) is 24.6 Å². The molecule has 7 heteroatoms. The second-order valence-electron chi connectivity index (χ2n) is 8.33. The van der Waals surface area contributed by atoms with Gasteiger partial charge in [0.2, 0.25) is 5.78 Å². The molecule has 2 N–H and O–H groups in total. The van der Waals surface area contributed by atoms with Gasteiger partial charge in [-0.15, -0.1) is 0 Å². The minimum absolute atomic E-state index is 0.184. The van der Waals surface area contributed by atoms with Gasteiger partial charge < -0.3 is 19.7 Å². The van der Waals surface area contributed by atoms with Crippen LogP contribution in [-0.2, 0) is 23.9 Å². The standard InChI is InChI=1S/C26H28O7/c1-4-16(2)9-7-5-6-8-10-18(28)13-22(29)23-21-12-17-11-19(14-27)32-15-20(17)24(30)26(21,3)33-25(23)31/h5-10,12-13,15-16,19,27,29H,4,11,14H2,1-3H3/b6-5+,9-7+,10-8+,22-13-/t16-,19-,26+/m0/s1. The van der Waals surface area contributed by atoms with Gasteiger partial charge in [0, 0.05) is 18.1 Å². The van der Waals surface area contributed by atoms with Crippen LogP contribution in [0.2, 0.25) is 0 Å². The first-order valence-corrected chi connectivity index (χ1v) is 10.9. The SMILES string of the molecule is CC[C@H](C)/C=C/C=C/C=C/C(=O)/C=C(\O)C1=C2C=C3C[C@@H](CO)OC=C3C(=O)[C@]2(C)OC1=O. The Hall–Kier alpha value is -3.45. The van der Waals surface area contributed by atoms with Crippen molar-refractivity contribution in [3.05, 3.63) is 82.9 Å². The van der Waals surface area contributed by atoms with Crippen LogP contribution in [0.15, 0.2) is 82.9 Å². The van der Waals surface area contributed by atoms with E-state index in [0.717, 1.165) is 12.5 Å². The first-order chi connectivity index (χ1) is 15.7. The summed E-state index contributed by atoms with van der Waals surface area (Å²) in [7, 11) is 0. The van der Waals surface area contributed by atoms with E-state index in [2.05, 4.69) is 19.9 Å². The Bertz CT molecular complexity index is 1060. The molecule has 2 heterocycles. The molecule has 3 atom stereocenters. The fourth-order valence-electron chi connectivity index (χ4n) is 3.70. The van der Waals surface area contributed by atoms with E-state index in [0.29, 0.717) is 11.5 Å². The topological polar surface area (TPSA) is 110 Å². The first kappa shape index (κ1) is 24.2. The number of allylic oxidation sites excluding steroid dienone is 7. The van der Waals surface area contributed by atoms with E-state index < -0.39 is 35.0 Å². The molecule has 0 bridgehead atoms. The van der Waals surface area contributed by atoms with E-state index in [4.69, 9.17) is 9.47 Å². The van der Waals surface area contributed by atoms with E-state index in [-0.39, 0.29) is 29.7 Å². The lowest BCUT2D eigenvalue weighted by Gasteiger charge is -2.33. The summed E-state index contributed by atoms with van der Waals surface area (Å²) >= 11 is 0. The Morgan fingerprint density at radius 1 is 1.27 bits per heavy atom. The average Bonchev–Trinajstić information content (AvgIpc) is 3.05. The number of esters is 1. The van der Waals surface area contributed by atoms with Crippen LogP contribution in [0.25, 0.3) is 0 Å². The van der Waals surface area contributed by atoms with Crippen LogP contribution in [0.3, 0.4) is 0 Å². The highest BCUT2D eigenvalue weighted by molar-refractivity contribution is 6.15. The Kier molecular flexibility index (Phi) is 7.33. The average molecular weight is 453 g/mol. The zero-order chi connectivity index (χ0) is 24.2. The fourth-order valence-corrected chi connectivity index (χ4v) is 3.70. The molecule has 0 amide bonds. The zero-order valence-electron chi connectivity index (χ0n) is 18.9. The summed E-state index contributed by atoms with van der Waals surface area (Å²) in [4.78, 5) is 37.8. The highest BCUT2D eigenvalue weighted by Gasteiger charge is 2.54. The number of ketones is 2. The van der Waals surface area contributed by atoms with Crippen LogP contribution in [0, 0.1) is 5.92 Å². The molecular formula is C26H28O7. The molecule has 0 aromatic carbocycles. The number of aliphatic hydroxyl groups excluding tert-OH is 2. The molecule has 7 nitrogen and oxygen atoms in total. The third-order valence-corrected chi connectivity index (χ3v) is 5.87. The summed E-state index contributed by atoms with van der Waals surface area (Å²) in [5.74, 6) is -2.01. The molecule has 174 valence electrons. The smallest absolute Gasteiger partial charge is 0.343 e. The van der Waals surface area contributed by atoms with Crippen LogP contribution in [0.5, 0.6) is 0 Å². The van der Waals surface area contributed by atoms with E-state index in [1.807, 2.05) is 6.08 Å². The normalized spacial score (nSPS) is 26.3. The van der Waals surface area contributed by atoms with Gasteiger partial charge in [-0.1, -0.05) is 50.6 Å². The fraction of sp³-hybridized carbons (Fsp3) is 0.346. The number of hydrogen-bond donors (Lipinski definition) is 2. The van der Waals surface area contributed by atoms with Gasteiger partial charge in [0.15, 0.2) is 11.4 Å². The maximum absolute atomic E-state index is 13.0. The summed E-state index contributed by atoms with van der Waals surface area (Å²) in [6.45, 7) is 5.40. The molecule has 3 aliphatic rings. The second-order valence-corrected chi connectivity index (χ2v) is 8.33. The molecule has 0 unspecified atom stereocenters. The second kappa shape index (κ2) is 10.0. The van der Waals surface area contributed by atoms with Gasteiger partial charge in [-0.05, 0) is 30.6 Å². The van der Waals surface area contributed by atoms with Crippen molar-refractivity contribution in [3.8, 4) is 0 Å². The molecule has 0 saturated heterocycles. The molecule has 0 saturated carbocycles. The van der Waals surface area contributed by atoms with Gasteiger partial charge in [-0.2, -0.15) is 0 Å². The van der Waals surface area contributed by atoms with Gasteiger partial charge in [0.05, 0.1) is 18.4 Å². The minimum Gasteiger partial charge on any atom is -0.507 e. The van der Waals surface area contributed by atoms with Crippen molar-refractivity contribution in [3.63, 3.8) is 0 Å². The number of Topliss-reactive ketones (excluding diaryl/α,β-unsaturated/α-hetero) is 1. The number of carbonyl (C=O) groups is 3. The molecule has 0 radical (unpaired) electrons. The molecule has 0 aromatic heterocycles. The highest BCUT2D eigenvalue weighted by Crippen LogP contribution is 2.45. The lowest BCUT2D eigenvalue weighted by atomic mass is 9.76. The van der Waals surface area contributed by atoms with Crippen LogP contribution in [0.4, 0.5) is 0 Å². The van der Waals surface area contributed by atoms with Gasteiger partial charge in [0.1, 0.15) is 17.4 Å². The monoisotopic (exact) mass is 452 g/mol. The third-order valence-electron chi connectivity index (χ3n) is 5.87. The molecule has 0 fully saturated rings. The number of carbonyl (C=O) groups excluding carboxylic acids is 3. The maximum Gasteiger partial charge on any atom is 0.343 e. The zero-order valence-corrected chi connectivity index (χ0v) is 18.9. The van der Waals surface area contributed by atoms with Crippen LogP contribution >= 0.6 is 0 Å². The summed E-state index contributed by atoms with van der Waals surface area (Å²) in [6.07, 6.45) is 14.8. The predicted octanol–water partition coefficient (Wildman–Crippen LogP) is 3.50. The van der Waals surface area contributed by atoms with Crippen molar-refractivity contribution in [2.24, 2.45) is 5.92 Å². The van der Waals surface area contributed by atoms with Gasteiger partial charge in [0.25, 0.3) is 0 Å². The molecule has 2 aliphatic heterocycles. The van der Waals surface area contributed by atoms with Crippen molar-refractivity contribution in [2.75, 3.05) is 6.61 Å². The van der Waals surface area contributed by atoms with E-state index in [1.165, 1.54) is 25.3 Å². The molecular weight excluding hydrogens is 424 g/mol. The Labute approximate surface area is 192 Å². The highest BCUT2D eigenvalue weighted by atomic mass is 16.6. The van der Waals surface area contributed by atoms with Crippen molar-refractivity contribution in [1.29, 1.82) is 0 Å². The molecule has 1 aliphatic carbocycles. The third kappa shape index (κ3) is 4.98. The Morgan fingerprint density at radius 3 is 2.70 bits per heavy atom. The van der Waals surface area contributed by atoms with Crippen molar-refractivity contribution in [2.45, 2.75) is 45.3 Å². The lowest BCUT2D eigenvalue weighted by Crippen LogP contribution is -2.43. The van der Waals surface area contributed by atoms with Gasteiger partial charge in [-0.3, -0.25) is 9.59 Å². The largest absolute Gasteiger partial charge is 0.507 e. The van der Waals surface area contributed by atoms with Crippen LogP contribution in [-0.4, -0.2) is 46.1 Å². The molecule has 0 spiro atoms. The minimum atomic E-state index is -1.62. The number of ether oxygens (including phenoxy) is 2. The van der Waals surface area contributed by atoms with Crippen molar-refractivity contribution >= 4 is 17.5 Å². The summed E-state index contributed by atoms with van der Waals surface area (Å²) < 4.78 is 10.7. The van der Waals surface area contributed by atoms with Crippen molar-refractivity contribution < 1.29 is 34.1 Å². The Balaban J connectivity index is 1.86. The van der Waals surface area contributed by atoms with Crippen LogP contribution < -0.4 is 0 Å². The number of fused-ring (bicyclic) bond motifs is 2.